The lowest BCUT2D eigenvalue weighted by molar-refractivity contribution is 0.315. The Kier molecular flexibility index (Phi) is 8.66. The second kappa shape index (κ2) is 11.4. The summed E-state index contributed by atoms with van der Waals surface area (Å²) in [6, 6.07) is 15.7. The Labute approximate surface area is 184 Å². The number of aliphatic imine (C=N–C) groups is 1. The van der Waals surface area contributed by atoms with Crippen LogP contribution in [0.25, 0.3) is 0 Å². The molecule has 156 valence electrons. The zero-order valence-electron chi connectivity index (χ0n) is 16.9. The molecule has 0 amide bonds. The average molecular weight is 433 g/mol. The minimum Gasteiger partial charge on any atom is -0.370 e. The molecule has 2 aromatic rings. The third-order valence-corrected chi connectivity index (χ3v) is 5.80. The van der Waals surface area contributed by atoms with Crippen LogP contribution in [-0.4, -0.2) is 41.9 Å². The second-order valence-electron chi connectivity index (χ2n) is 7.60. The smallest absolute Gasteiger partial charge is 0.191 e. The van der Waals surface area contributed by atoms with E-state index in [9.17, 15) is 0 Å². The van der Waals surface area contributed by atoms with Gasteiger partial charge in [0.15, 0.2) is 5.96 Å². The van der Waals surface area contributed by atoms with Crippen molar-refractivity contribution in [1.29, 1.82) is 0 Å². The van der Waals surface area contributed by atoms with Crippen LogP contribution in [0.1, 0.15) is 36.8 Å². The van der Waals surface area contributed by atoms with Crippen molar-refractivity contribution in [1.82, 2.24) is 9.80 Å². The zero-order chi connectivity index (χ0) is 20.5. The molecule has 0 spiro atoms. The summed E-state index contributed by atoms with van der Waals surface area (Å²) in [5.41, 5.74) is 8.67. The summed E-state index contributed by atoms with van der Waals surface area (Å²) in [4.78, 5) is 9.36. The molecule has 0 unspecified atom stereocenters. The Balaban J connectivity index is 1.58. The van der Waals surface area contributed by atoms with Gasteiger partial charge in [-0.1, -0.05) is 47.5 Å². The highest BCUT2D eigenvalue weighted by Crippen LogP contribution is 2.14. The molecule has 2 aromatic carbocycles. The molecule has 0 saturated carbocycles. The fourth-order valence-corrected chi connectivity index (χ4v) is 3.84. The van der Waals surface area contributed by atoms with Gasteiger partial charge in [0, 0.05) is 23.1 Å². The lowest BCUT2D eigenvalue weighted by Crippen LogP contribution is -2.38. The van der Waals surface area contributed by atoms with E-state index in [-0.39, 0.29) is 0 Å². The van der Waals surface area contributed by atoms with Crippen LogP contribution in [0.5, 0.6) is 0 Å². The van der Waals surface area contributed by atoms with E-state index < -0.39 is 0 Å². The third-order valence-electron chi connectivity index (χ3n) is 5.30. The van der Waals surface area contributed by atoms with Gasteiger partial charge in [-0.25, -0.2) is 4.99 Å². The summed E-state index contributed by atoms with van der Waals surface area (Å²) in [7, 11) is 0. The fourth-order valence-electron chi connectivity index (χ4n) is 3.59. The number of halogens is 2. The Morgan fingerprint density at radius 3 is 2.10 bits per heavy atom. The molecular formula is C23H30Cl2N4. The number of guanidine groups is 1. The van der Waals surface area contributed by atoms with Gasteiger partial charge in [-0.05, 0) is 80.7 Å². The lowest BCUT2D eigenvalue weighted by atomic mass is 10.2. The van der Waals surface area contributed by atoms with Crippen molar-refractivity contribution >= 4 is 29.2 Å². The number of likely N-dealkylation sites (tertiary alicyclic amines) is 1. The Morgan fingerprint density at radius 1 is 0.897 bits per heavy atom. The topological polar surface area (TPSA) is 44.9 Å². The Morgan fingerprint density at radius 2 is 1.48 bits per heavy atom. The minimum absolute atomic E-state index is 0.550. The van der Waals surface area contributed by atoms with Gasteiger partial charge in [-0.3, -0.25) is 0 Å². The number of benzene rings is 2. The number of hydrogen-bond donors (Lipinski definition) is 1. The molecular weight excluding hydrogens is 403 g/mol. The number of unbranched alkanes of at least 4 members (excludes halogenated alkanes) is 1. The van der Waals surface area contributed by atoms with Gasteiger partial charge in [0.2, 0.25) is 0 Å². The third kappa shape index (κ3) is 7.54. The van der Waals surface area contributed by atoms with Crippen LogP contribution < -0.4 is 5.73 Å². The van der Waals surface area contributed by atoms with E-state index in [0.717, 1.165) is 35.1 Å². The molecule has 2 N–H and O–H groups in total. The van der Waals surface area contributed by atoms with Crippen LogP contribution in [0, 0.1) is 0 Å². The van der Waals surface area contributed by atoms with E-state index in [4.69, 9.17) is 28.9 Å². The molecule has 0 radical (unpaired) electrons. The molecule has 0 atom stereocenters. The first-order valence-electron chi connectivity index (χ1n) is 10.4. The maximum atomic E-state index is 6.39. The normalized spacial score (nSPS) is 15.0. The Bertz CT molecular complexity index is 768. The summed E-state index contributed by atoms with van der Waals surface area (Å²) >= 11 is 12.0. The van der Waals surface area contributed by atoms with E-state index in [2.05, 4.69) is 14.8 Å². The van der Waals surface area contributed by atoms with Crippen molar-refractivity contribution in [3.05, 3.63) is 69.7 Å². The molecule has 0 bridgehead atoms. The van der Waals surface area contributed by atoms with Crippen molar-refractivity contribution in [2.45, 2.75) is 38.8 Å². The van der Waals surface area contributed by atoms with Gasteiger partial charge in [0.25, 0.3) is 0 Å². The average Bonchev–Trinajstić information content (AvgIpc) is 3.24. The molecule has 0 aromatic heterocycles. The SMILES string of the molecule is NC(=NCc1ccc(Cl)cc1)N(CCCCN1CCCC1)Cc1ccc(Cl)cc1. The van der Waals surface area contributed by atoms with Crippen molar-refractivity contribution in [3.8, 4) is 0 Å². The van der Waals surface area contributed by atoms with Gasteiger partial charge < -0.3 is 15.5 Å². The van der Waals surface area contributed by atoms with E-state index >= 15 is 0 Å². The molecule has 1 fully saturated rings. The van der Waals surface area contributed by atoms with Crippen LogP contribution in [0.4, 0.5) is 0 Å². The molecule has 0 aliphatic carbocycles. The second-order valence-corrected chi connectivity index (χ2v) is 8.48. The highest BCUT2D eigenvalue weighted by molar-refractivity contribution is 6.30. The van der Waals surface area contributed by atoms with Crippen molar-refractivity contribution in [3.63, 3.8) is 0 Å². The molecule has 1 aliphatic heterocycles. The summed E-state index contributed by atoms with van der Waals surface area (Å²) in [6.07, 6.45) is 4.96. The molecule has 1 heterocycles. The van der Waals surface area contributed by atoms with Crippen molar-refractivity contribution in [2.24, 2.45) is 10.7 Å². The molecule has 1 saturated heterocycles. The van der Waals surface area contributed by atoms with Gasteiger partial charge in [-0.15, -0.1) is 0 Å². The number of rotatable bonds is 9. The highest BCUT2D eigenvalue weighted by atomic mass is 35.5. The monoisotopic (exact) mass is 432 g/mol. The first kappa shape index (κ1) is 21.9. The molecule has 6 heteroatoms. The standard InChI is InChI=1S/C23H30Cl2N4/c24-21-9-5-19(6-10-21)17-27-23(26)29(18-20-7-11-22(25)12-8-20)16-4-3-15-28-13-1-2-14-28/h5-12H,1-4,13-18H2,(H2,26,27). The summed E-state index contributed by atoms with van der Waals surface area (Å²) in [5.74, 6) is 0.580. The van der Waals surface area contributed by atoms with E-state index in [1.54, 1.807) is 0 Å². The molecule has 29 heavy (non-hydrogen) atoms. The molecule has 4 nitrogen and oxygen atoms in total. The highest BCUT2D eigenvalue weighted by Gasteiger charge is 2.12. The van der Waals surface area contributed by atoms with Gasteiger partial charge >= 0.3 is 0 Å². The number of hydrogen-bond acceptors (Lipinski definition) is 2. The van der Waals surface area contributed by atoms with E-state index in [1.807, 2.05) is 48.5 Å². The maximum absolute atomic E-state index is 6.39. The first-order valence-corrected chi connectivity index (χ1v) is 11.1. The molecule has 3 rings (SSSR count). The maximum Gasteiger partial charge on any atom is 0.191 e. The first-order chi connectivity index (χ1) is 14.1. The van der Waals surface area contributed by atoms with Gasteiger partial charge in [0.05, 0.1) is 6.54 Å². The number of nitrogens with zero attached hydrogens (tertiary/aromatic N) is 3. The van der Waals surface area contributed by atoms with Crippen molar-refractivity contribution in [2.75, 3.05) is 26.2 Å². The largest absolute Gasteiger partial charge is 0.370 e. The van der Waals surface area contributed by atoms with Crippen LogP contribution in [0.2, 0.25) is 10.0 Å². The van der Waals surface area contributed by atoms with Crippen LogP contribution in [0.3, 0.4) is 0 Å². The summed E-state index contributed by atoms with van der Waals surface area (Å²) in [6.45, 7) is 5.85. The predicted octanol–water partition coefficient (Wildman–Crippen LogP) is 5.19. The summed E-state index contributed by atoms with van der Waals surface area (Å²) in [5, 5.41) is 1.48. The lowest BCUT2D eigenvalue weighted by Gasteiger charge is -2.24. The van der Waals surface area contributed by atoms with Gasteiger partial charge in [-0.2, -0.15) is 0 Å². The fraction of sp³-hybridized carbons (Fsp3) is 0.435. The minimum atomic E-state index is 0.550. The summed E-state index contributed by atoms with van der Waals surface area (Å²) < 4.78 is 0. The Hall–Kier alpha value is -1.75. The van der Waals surface area contributed by atoms with Crippen molar-refractivity contribution < 1.29 is 0 Å². The van der Waals surface area contributed by atoms with Crippen LogP contribution in [-0.2, 0) is 13.1 Å². The number of nitrogens with two attached hydrogens (primary N) is 1. The molecule has 1 aliphatic rings. The van der Waals surface area contributed by atoms with Crippen LogP contribution in [0.15, 0.2) is 53.5 Å². The van der Waals surface area contributed by atoms with Crippen LogP contribution >= 0.6 is 23.2 Å². The quantitative estimate of drug-likeness (QED) is 0.337. The van der Waals surface area contributed by atoms with E-state index in [0.29, 0.717) is 12.5 Å². The van der Waals surface area contributed by atoms with E-state index in [1.165, 1.54) is 44.5 Å². The zero-order valence-corrected chi connectivity index (χ0v) is 18.4. The van der Waals surface area contributed by atoms with Gasteiger partial charge in [0.1, 0.15) is 0 Å². The predicted molar refractivity (Wildman–Crippen MR) is 124 cm³/mol.